The van der Waals surface area contributed by atoms with E-state index in [2.05, 4.69) is 29.7 Å². The summed E-state index contributed by atoms with van der Waals surface area (Å²) in [5, 5.41) is 18.2. The van der Waals surface area contributed by atoms with Gasteiger partial charge in [-0.1, -0.05) is 37.3 Å². The summed E-state index contributed by atoms with van der Waals surface area (Å²) in [5.41, 5.74) is 1.45. The van der Waals surface area contributed by atoms with Crippen LogP contribution in [0.3, 0.4) is 0 Å². The lowest BCUT2D eigenvalue weighted by Crippen LogP contribution is -2.44. The molecule has 3 unspecified atom stereocenters. The zero-order valence-corrected chi connectivity index (χ0v) is 14.2. The van der Waals surface area contributed by atoms with Crippen molar-refractivity contribution in [2.24, 2.45) is 5.92 Å². The number of thiophene rings is 1. The zero-order chi connectivity index (χ0) is 16.4. The summed E-state index contributed by atoms with van der Waals surface area (Å²) in [6.45, 7) is 4.04. The van der Waals surface area contributed by atoms with E-state index in [0.29, 0.717) is 5.92 Å². The second kappa shape index (κ2) is 6.34. The molecular formula is C18H22N2O2S. The van der Waals surface area contributed by atoms with Crippen LogP contribution in [0.15, 0.2) is 41.8 Å². The van der Waals surface area contributed by atoms with Crippen molar-refractivity contribution in [3.05, 3.63) is 57.8 Å². The Balaban J connectivity index is 1.60. The highest BCUT2D eigenvalue weighted by molar-refractivity contribution is 7.10. The number of rotatable bonds is 4. The van der Waals surface area contributed by atoms with Crippen LogP contribution in [-0.2, 0) is 12.0 Å². The molecule has 1 aliphatic rings. The lowest BCUT2D eigenvalue weighted by Gasteiger charge is -2.24. The monoisotopic (exact) mass is 330 g/mol. The average molecular weight is 330 g/mol. The summed E-state index contributed by atoms with van der Waals surface area (Å²) in [6.07, 6.45) is 0.980. The van der Waals surface area contributed by atoms with Gasteiger partial charge in [0.05, 0.1) is 12.6 Å². The van der Waals surface area contributed by atoms with Crippen LogP contribution in [0.4, 0.5) is 4.79 Å². The molecule has 1 aliphatic carbocycles. The molecule has 4 nitrogen and oxygen atoms in total. The van der Waals surface area contributed by atoms with Crippen LogP contribution >= 0.6 is 11.3 Å². The molecule has 0 radical (unpaired) electrons. The molecule has 1 heterocycles. The van der Waals surface area contributed by atoms with Gasteiger partial charge in [-0.3, -0.25) is 0 Å². The zero-order valence-electron chi connectivity index (χ0n) is 13.4. The number of fused-ring (bicyclic) bond motifs is 1. The summed E-state index contributed by atoms with van der Waals surface area (Å²) in [7, 11) is 0. The van der Waals surface area contributed by atoms with Crippen molar-refractivity contribution in [2.45, 2.75) is 31.9 Å². The Morgan fingerprint density at radius 3 is 2.87 bits per heavy atom. The van der Waals surface area contributed by atoms with E-state index < -0.39 is 5.60 Å². The maximum atomic E-state index is 12.2. The quantitative estimate of drug-likeness (QED) is 0.806. The summed E-state index contributed by atoms with van der Waals surface area (Å²) in [4.78, 5) is 13.1. The van der Waals surface area contributed by atoms with Crippen LogP contribution in [-0.4, -0.2) is 17.7 Å². The average Bonchev–Trinajstić information content (AvgIpc) is 3.15. The molecule has 0 spiro atoms. The Bertz CT molecular complexity index is 682. The number of carbonyl (C=O) groups excluding carboxylic acids is 1. The third-order valence-corrected chi connectivity index (χ3v) is 5.56. The van der Waals surface area contributed by atoms with Gasteiger partial charge in [-0.2, -0.15) is 0 Å². The van der Waals surface area contributed by atoms with Gasteiger partial charge in [0, 0.05) is 4.88 Å². The first-order chi connectivity index (χ1) is 11.0. The maximum absolute atomic E-state index is 12.2. The predicted octanol–water partition coefficient (Wildman–Crippen LogP) is 3.19. The van der Waals surface area contributed by atoms with Gasteiger partial charge in [0.15, 0.2) is 0 Å². The second-order valence-electron chi connectivity index (χ2n) is 6.44. The van der Waals surface area contributed by atoms with Crippen LogP contribution in [0.2, 0.25) is 0 Å². The fourth-order valence-electron chi connectivity index (χ4n) is 3.13. The minimum Gasteiger partial charge on any atom is -0.383 e. The molecule has 5 heteroatoms. The van der Waals surface area contributed by atoms with E-state index in [1.807, 2.05) is 29.6 Å². The molecular weight excluding hydrogens is 308 g/mol. The van der Waals surface area contributed by atoms with Crippen molar-refractivity contribution in [3.8, 4) is 0 Å². The number of urea groups is 1. The van der Waals surface area contributed by atoms with Crippen molar-refractivity contribution in [1.82, 2.24) is 10.6 Å². The van der Waals surface area contributed by atoms with Crippen LogP contribution < -0.4 is 10.6 Å². The number of hydrogen-bond acceptors (Lipinski definition) is 3. The number of amides is 2. The number of nitrogens with one attached hydrogen (secondary N) is 2. The standard InChI is InChI=1S/C18H22N2O2S/c1-12-10-13-6-3-4-7-14(13)16(12)20-17(21)19-11-18(2,22)15-8-5-9-23-15/h3-9,12,16,22H,10-11H2,1-2H3,(H2,19,20,21). The molecule has 0 aliphatic heterocycles. The highest BCUT2D eigenvalue weighted by atomic mass is 32.1. The van der Waals surface area contributed by atoms with Gasteiger partial charge in [0.25, 0.3) is 0 Å². The van der Waals surface area contributed by atoms with Gasteiger partial charge in [-0.05, 0) is 41.8 Å². The predicted molar refractivity (Wildman–Crippen MR) is 92.5 cm³/mol. The molecule has 3 atom stereocenters. The van der Waals surface area contributed by atoms with E-state index in [1.165, 1.54) is 22.5 Å². The van der Waals surface area contributed by atoms with E-state index in [4.69, 9.17) is 0 Å². The van der Waals surface area contributed by atoms with E-state index in [0.717, 1.165) is 11.3 Å². The van der Waals surface area contributed by atoms with E-state index >= 15 is 0 Å². The van der Waals surface area contributed by atoms with Crippen molar-refractivity contribution in [2.75, 3.05) is 6.54 Å². The van der Waals surface area contributed by atoms with Gasteiger partial charge in [-0.15, -0.1) is 11.3 Å². The topological polar surface area (TPSA) is 61.4 Å². The second-order valence-corrected chi connectivity index (χ2v) is 7.38. The molecule has 0 fully saturated rings. The van der Waals surface area contributed by atoms with Gasteiger partial charge in [-0.25, -0.2) is 4.79 Å². The third-order valence-electron chi connectivity index (χ3n) is 4.43. The largest absolute Gasteiger partial charge is 0.383 e. The van der Waals surface area contributed by atoms with Crippen molar-refractivity contribution in [1.29, 1.82) is 0 Å². The Hall–Kier alpha value is -1.85. The normalized spacial score (nSPS) is 22.2. The summed E-state index contributed by atoms with van der Waals surface area (Å²) < 4.78 is 0. The molecule has 0 bridgehead atoms. The summed E-state index contributed by atoms with van der Waals surface area (Å²) >= 11 is 1.48. The SMILES string of the molecule is CC1Cc2ccccc2C1NC(=O)NCC(C)(O)c1cccs1. The van der Waals surface area contributed by atoms with Gasteiger partial charge < -0.3 is 15.7 Å². The molecule has 3 N–H and O–H groups in total. The Labute approximate surface area is 140 Å². The fraction of sp³-hybridized carbons (Fsp3) is 0.389. The molecule has 122 valence electrons. The summed E-state index contributed by atoms with van der Waals surface area (Å²) in [6, 6.07) is 11.8. The molecule has 1 aromatic carbocycles. The highest BCUT2D eigenvalue weighted by Crippen LogP contribution is 2.35. The molecule has 1 aromatic heterocycles. The number of hydrogen-bond donors (Lipinski definition) is 3. The van der Waals surface area contributed by atoms with Crippen LogP contribution in [0.1, 0.15) is 35.9 Å². The summed E-state index contributed by atoms with van der Waals surface area (Å²) in [5.74, 6) is 0.371. The molecule has 0 saturated heterocycles. The molecule has 3 rings (SSSR count). The number of aliphatic hydroxyl groups is 1. The first kappa shape index (κ1) is 16.0. The Kier molecular flexibility index (Phi) is 4.41. The van der Waals surface area contributed by atoms with E-state index in [1.54, 1.807) is 6.92 Å². The van der Waals surface area contributed by atoms with Crippen LogP contribution in [0, 0.1) is 5.92 Å². The van der Waals surface area contributed by atoms with Crippen molar-refractivity contribution >= 4 is 17.4 Å². The molecule has 2 amide bonds. The minimum absolute atomic E-state index is 0.0258. The Morgan fingerprint density at radius 1 is 1.35 bits per heavy atom. The van der Waals surface area contributed by atoms with Crippen molar-refractivity contribution < 1.29 is 9.90 Å². The van der Waals surface area contributed by atoms with E-state index in [-0.39, 0.29) is 18.6 Å². The van der Waals surface area contributed by atoms with Crippen molar-refractivity contribution in [3.63, 3.8) is 0 Å². The molecule has 2 aromatic rings. The van der Waals surface area contributed by atoms with Crippen LogP contribution in [0.25, 0.3) is 0 Å². The first-order valence-corrected chi connectivity index (χ1v) is 8.74. The number of carbonyl (C=O) groups is 1. The maximum Gasteiger partial charge on any atom is 0.315 e. The smallest absolute Gasteiger partial charge is 0.315 e. The lowest BCUT2D eigenvalue weighted by atomic mass is 10.0. The molecule has 0 saturated carbocycles. The van der Waals surface area contributed by atoms with Crippen LogP contribution in [0.5, 0.6) is 0 Å². The fourth-order valence-corrected chi connectivity index (χ4v) is 3.92. The minimum atomic E-state index is -1.05. The third kappa shape index (κ3) is 3.41. The van der Waals surface area contributed by atoms with E-state index in [9.17, 15) is 9.90 Å². The first-order valence-electron chi connectivity index (χ1n) is 7.86. The Morgan fingerprint density at radius 2 is 2.13 bits per heavy atom. The molecule has 23 heavy (non-hydrogen) atoms. The highest BCUT2D eigenvalue weighted by Gasteiger charge is 2.31. The van der Waals surface area contributed by atoms with Gasteiger partial charge in [0.2, 0.25) is 0 Å². The lowest BCUT2D eigenvalue weighted by molar-refractivity contribution is 0.0629. The van der Waals surface area contributed by atoms with Gasteiger partial charge in [0.1, 0.15) is 5.60 Å². The van der Waals surface area contributed by atoms with Gasteiger partial charge >= 0.3 is 6.03 Å². The number of benzene rings is 1.